The molecule has 4 heteroatoms. The van der Waals surface area contributed by atoms with Crippen molar-refractivity contribution in [3.63, 3.8) is 0 Å². The Balaban J connectivity index is 1.79. The van der Waals surface area contributed by atoms with Crippen LogP contribution >= 0.6 is 11.3 Å². The number of amides is 1. The van der Waals surface area contributed by atoms with Crippen molar-refractivity contribution in [1.82, 2.24) is 5.32 Å². The van der Waals surface area contributed by atoms with Crippen molar-refractivity contribution in [1.29, 1.82) is 0 Å². The van der Waals surface area contributed by atoms with Crippen LogP contribution in [0.15, 0.2) is 41.8 Å². The molecule has 0 radical (unpaired) electrons. The number of para-hydroxylation sites is 1. The zero-order valence-corrected chi connectivity index (χ0v) is 12.1. The van der Waals surface area contributed by atoms with Crippen LogP contribution < -0.4 is 10.6 Å². The van der Waals surface area contributed by atoms with Crippen LogP contribution in [0.3, 0.4) is 0 Å². The molecule has 1 fully saturated rings. The van der Waals surface area contributed by atoms with Gasteiger partial charge in [-0.1, -0.05) is 24.3 Å². The molecule has 104 valence electrons. The van der Waals surface area contributed by atoms with Gasteiger partial charge in [0.05, 0.1) is 0 Å². The monoisotopic (exact) mass is 286 g/mol. The number of piperidine rings is 1. The summed E-state index contributed by atoms with van der Waals surface area (Å²) in [6.07, 6.45) is 1.85. The van der Waals surface area contributed by atoms with Crippen LogP contribution in [0.1, 0.15) is 12.8 Å². The summed E-state index contributed by atoms with van der Waals surface area (Å²) in [6, 6.07) is 12.1. The van der Waals surface area contributed by atoms with Crippen molar-refractivity contribution in [2.24, 2.45) is 5.92 Å². The van der Waals surface area contributed by atoms with E-state index in [1.807, 2.05) is 24.3 Å². The molecular weight excluding hydrogens is 268 g/mol. The van der Waals surface area contributed by atoms with Crippen molar-refractivity contribution in [3.05, 3.63) is 41.8 Å². The summed E-state index contributed by atoms with van der Waals surface area (Å²) >= 11 is 1.69. The molecule has 0 unspecified atom stereocenters. The van der Waals surface area contributed by atoms with E-state index in [0.717, 1.165) is 37.2 Å². The van der Waals surface area contributed by atoms with Gasteiger partial charge in [0.2, 0.25) is 5.91 Å². The molecule has 1 aliphatic heterocycles. The van der Waals surface area contributed by atoms with Gasteiger partial charge in [-0.15, -0.1) is 11.3 Å². The van der Waals surface area contributed by atoms with Gasteiger partial charge in [-0.05, 0) is 43.4 Å². The van der Waals surface area contributed by atoms with Gasteiger partial charge in [-0.2, -0.15) is 0 Å². The Hall–Kier alpha value is -1.65. The molecule has 0 atom stereocenters. The normalized spacial score (nSPS) is 16.0. The first kappa shape index (κ1) is 13.3. The first-order chi connectivity index (χ1) is 9.84. The van der Waals surface area contributed by atoms with Crippen LogP contribution in [0, 0.1) is 5.92 Å². The maximum absolute atomic E-state index is 12.4. The predicted octanol–water partition coefficient (Wildman–Crippen LogP) is 3.35. The fraction of sp³-hybridized carbons (Fsp3) is 0.312. The van der Waals surface area contributed by atoms with E-state index in [1.54, 1.807) is 11.3 Å². The summed E-state index contributed by atoms with van der Waals surface area (Å²) in [5.74, 6) is 0.281. The molecule has 0 saturated carbocycles. The molecule has 1 amide bonds. The first-order valence-corrected chi connectivity index (χ1v) is 7.87. The fourth-order valence-electron chi connectivity index (χ4n) is 2.56. The molecule has 1 aliphatic rings. The minimum Gasteiger partial charge on any atom is -0.325 e. The number of carbonyl (C=O) groups excluding carboxylic acids is 1. The highest BCUT2D eigenvalue weighted by molar-refractivity contribution is 7.13. The van der Waals surface area contributed by atoms with Crippen molar-refractivity contribution in [2.75, 3.05) is 18.4 Å². The van der Waals surface area contributed by atoms with Crippen molar-refractivity contribution >= 4 is 22.9 Å². The van der Waals surface area contributed by atoms with Crippen LogP contribution in [0.4, 0.5) is 5.69 Å². The fourth-order valence-corrected chi connectivity index (χ4v) is 3.32. The summed E-state index contributed by atoms with van der Waals surface area (Å²) in [5.41, 5.74) is 2.02. The Morgan fingerprint density at radius 1 is 1.15 bits per heavy atom. The van der Waals surface area contributed by atoms with E-state index in [4.69, 9.17) is 0 Å². The average molecular weight is 286 g/mol. The highest BCUT2D eigenvalue weighted by Crippen LogP contribution is 2.31. The number of benzene rings is 1. The molecule has 1 aromatic heterocycles. The SMILES string of the molecule is O=C(Nc1ccccc1-c1cccs1)C1CCNCC1. The third-order valence-electron chi connectivity index (χ3n) is 3.68. The average Bonchev–Trinajstić information content (AvgIpc) is 3.03. The van der Waals surface area contributed by atoms with E-state index < -0.39 is 0 Å². The lowest BCUT2D eigenvalue weighted by Crippen LogP contribution is -2.34. The molecule has 0 aliphatic carbocycles. The molecule has 3 nitrogen and oxygen atoms in total. The minimum atomic E-state index is 0.132. The van der Waals surface area contributed by atoms with Crippen LogP contribution in [0.2, 0.25) is 0 Å². The number of rotatable bonds is 3. The number of carbonyl (C=O) groups is 1. The summed E-state index contributed by atoms with van der Waals surface area (Å²) in [7, 11) is 0. The molecule has 1 aromatic carbocycles. The van der Waals surface area contributed by atoms with Crippen LogP contribution in [0.5, 0.6) is 0 Å². The smallest absolute Gasteiger partial charge is 0.227 e. The van der Waals surface area contributed by atoms with Gasteiger partial charge in [-0.25, -0.2) is 0 Å². The second-order valence-corrected chi connectivity index (χ2v) is 5.98. The molecule has 1 saturated heterocycles. The maximum atomic E-state index is 12.4. The van der Waals surface area contributed by atoms with Gasteiger partial charge in [-0.3, -0.25) is 4.79 Å². The standard InChI is InChI=1S/C16H18N2OS/c19-16(12-7-9-17-10-8-12)18-14-5-2-1-4-13(14)15-6-3-11-20-15/h1-6,11-12,17H,7-10H2,(H,18,19). The molecule has 2 aromatic rings. The van der Waals surface area contributed by atoms with Gasteiger partial charge < -0.3 is 10.6 Å². The van der Waals surface area contributed by atoms with Gasteiger partial charge in [0.15, 0.2) is 0 Å². The maximum Gasteiger partial charge on any atom is 0.227 e. The van der Waals surface area contributed by atoms with Crippen LogP contribution in [0.25, 0.3) is 10.4 Å². The van der Waals surface area contributed by atoms with E-state index >= 15 is 0 Å². The summed E-state index contributed by atoms with van der Waals surface area (Å²) in [4.78, 5) is 13.5. The van der Waals surface area contributed by atoms with Gasteiger partial charge in [0.25, 0.3) is 0 Å². The lowest BCUT2D eigenvalue weighted by molar-refractivity contribution is -0.120. The number of thiophene rings is 1. The Bertz CT molecular complexity index is 574. The van der Waals surface area contributed by atoms with Gasteiger partial charge in [0.1, 0.15) is 0 Å². The zero-order chi connectivity index (χ0) is 13.8. The highest BCUT2D eigenvalue weighted by Gasteiger charge is 2.21. The van der Waals surface area contributed by atoms with Crippen molar-refractivity contribution in [2.45, 2.75) is 12.8 Å². The second-order valence-electron chi connectivity index (χ2n) is 5.04. The molecule has 3 rings (SSSR count). The Morgan fingerprint density at radius 3 is 2.70 bits per heavy atom. The third-order valence-corrected chi connectivity index (χ3v) is 4.58. The van der Waals surface area contributed by atoms with E-state index in [1.165, 1.54) is 4.88 Å². The quantitative estimate of drug-likeness (QED) is 0.908. The molecule has 0 bridgehead atoms. The predicted molar refractivity (Wildman–Crippen MR) is 84.0 cm³/mol. The van der Waals surface area contributed by atoms with Crippen molar-refractivity contribution in [3.8, 4) is 10.4 Å². The molecule has 0 spiro atoms. The van der Waals surface area contributed by atoms with Gasteiger partial charge in [0, 0.05) is 22.0 Å². The number of hydrogen-bond acceptors (Lipinski definition) is 3. The highest BCUT2D eigenvalue weighted by atomic mass is 32.1. The molecule has 2 heterocycles. The van der Waals surface area contributed by atoms with Crippen LogP contribution in [-0.4, -0.2) is 19.0 Å². The molecule has 20 heavy (non-hydrogen) atoms. The minimum absolute atomic E-state index is 0.132. The third kappa shape index (κ3) is 2.92. The summed E-state index contributed by atoms with van der Waals surface area (Å²) in [5, 5.41) is 8.45. The summed E-state index contributed by atoms with van der Waals surface area (Å²) in [6.45, 7) is 1.87. The molecule has 2 N–H and O–H groups in total. The Labute approximate surface area is 123 Å². The lowest BCUT2D eigenvalue weighted by atomic mass is 9.97. The zero-order valence-electron chi connectivity index (χ0n) is 11.3. The Morgan fingerprint density at radius 2 is 1.95 bits per heavy atom. The van der Waals surface area contributed by atoms with E-state index in [0.29, 0.717) is 0 Å². The first-order valence-electron chi connectivity index (χ1n) is 6.99. The molecular formula is C16H18N2OS. The Kier molecular flexibility index (Phi) is 4.14. The lowest BCUT2D eigenvalue weighted by Gasteiger charge is -2.22. The number of hydrogen-bond donors (Lipinski definition) is 2. The van der Waals surface area contributed by atoms with Crippen LogP contribution in [-0.2, 0) is 4.79 Å². The largest absolute Gasteiger partial charge is 0.325 e. The van der Waals surface area contributed by atoms with E-state index in [2.05, 4.69) is 28.1 Å². The van der Waals surface area contributed by atoms with E-state index in [9.17, 15) is 4.79 Å². The summed E-state index contributed by atoms with van der Waals surface area (Å²) < 4.78 is 0. The van der Waals surface area contributed by atoms with Gasteiger partial charge >= 0.3 is 0 Å². The van der Waals surface area contributed by atoms with Crippen molar-refractivity contribution < 1.29 is 4.79 Å². The van der Waals surface area contributed by atoms with E-state index in [-0.39, 0.29) is 11.8 Å². The number of anilines is 1. The second kappa shape index (κ2) is 6.20. The number of nitrogens with one attached hydrogen (secondary N) is 2. The topological polar surface area (TPSA) is 41.1 Å².